The second-order valence-electron chi connectivity index (χ2n) is 4.79. The first kappa shape index (κ1) is 13.7. The number of benzene rings is 1. The van der Waals surface area contributed by atoms with Crippen LogP contribution in [0.4, 0.5) is 5.82 Å². The first-order valence-electron chi connectivity index (χ1n) is 6.62. The summed E-state index contributed by atoms with van der Waals surface area (Å²) in [5.41, 5.74) is 2.97. The molecule has 1 aliphatic rings. The molecule has 22 heavy (non-hydrogen) atoms. The summed E-state index contributed by atoms with van der Waals surface area (Å²) in [7, 11) is 1.32. The molecule has 0 aliphatic carbocycles. The Hall–Kier alpha value is -3.26. The van der Waals surface area contributed by atoms with Crippen LogP contribution in [0.25, 0.3) is 17.3 Å². The molecule has 0 saturated heterocycles. The molecule has 0 unspecified atom stereocenters. The number of anilines is 1. The lowest BCUT2D eigenvalue weighted by Crippen LogP contribution is -2.18. The van der Waals surface area contributed by atoms with Gasteiger partial charge in [0.1, 0.15) is 17.5 Å². The van der Waals surface area contributed by atoms with E-state index in [1.807, 2.05) is 36.5 Å². The molecule has 0 spiro atoms. The minimum absolute atomic E-state index is 0.328. The Morgan fingerprint density at radius 3 is 2.73 bits per heavy atom. The first-order chi connectivity index (χ1) is 10.7. The van der Waals surface area contributed by atoms with Gasteiger partial charge in [0.15, 0.2) is 0 Å². The summed E-state index contributed by atoms with van der Waals surface area (Å²) in [5, 5.41) is 12.5. The molecule has 0 atom stereocenters. The number of nitriles is 1. The maximum atomic E-state index is 11.7. The van der Waals surface area contributed by atoms with Gasteiger partial charge in [-0.25, -0.2) is 4.79 Å². The van der Waals surface area contributed by atoms with Crippen molar-refractivity contribution in [3.63, 3.8) is 0 Å². The normalized spacial score (nSPS) is 12.7. The van der Waals surface area contributed by atoms with E-state index in [-0.39, 0.29) is 0 Å². The number of ether oxygens (including phenoxy) is 1. The van der Waals surface area contributed by atoms with E-state index in [0.29, 0.717) is 22.7 Å². The van der Waals surface area contributed by atoms with Crippen molar-refractivity contribution in [2.24, 2.45) is 0 Å². The Bertz CT molecular complexity index is 839. The summed E-state index contributed by atoms with van der Waals surface area (Å²) >= 11 is 0. The molecule has 0 radical (unpaired) electrons. The van der Waals surface area contributed by atoms with Gasteiger partial charge in [-0.2, -0.15) is 5.26 Å². The lowest BCUT2D eigenvalue weighted by atomic mass is 10.0. The molecule has 1 N–H and O–H groups in total. The number of hydrogen-bond acceptors (Lipinski definition) is 4. The zero-order valence-corrected chi connectivity index (χ0v) is 12.0. The fraction of sp³-hybridized carbons (Fsp3) is 0.0588. The van der Waals surface area contributed by atoms with Crippen LogP contribution < -0.4 is 5.32 Å². The summed E-state index contributed by atoms with van der Waals surface area (Å²) in [5.74, 6) is 0.121. The molecule has 0 bridgehead atoms. The highest BCUT2D eigenvalue weighted by Crippen LogP contribution is 2.35. The van der Waals surface area contributed by atoms with E-state index in [1.165, 1.54) is 7.11 Å². The van der Waals surface area contributed by atoms with Gasteiger partial charge in [-0.05, 0) is 5.56 Å². The number of rotatable bonds is 2. The minimum atomic E-state index is -0.475. The molecule has 0 amide bonds. The molecular weight excluding hydrogens is 278 g/mol. The zero-order valence-electron chi connectivity index (χ0n) is 12.0. The van der Waals surface area contributed by atoms with Gasteiger partial charge in [-0.1, -0.05) is 36.9 Å². The lowest BCUT2D eigenvalue weighted by Gasteiger charge is -2.18. The van der Waals surface area contributed by atoms with Crippen molar-refractivity contribution >= 4 is 18.0 Å². The molecule has 1 aromatic heterocycles. The minimum Gasteiger partial charge on any atom is -0.465 e. The summed E-state index contributed by atoms with van der Waals surface area (Å²) in [6.07, 6.45) is 3.43. The van der Waals surface area contributed by atoms with Crippen LogP contribution in [0.3, 0.4) is 0 Å². The number of aromatic nitrogens is 1. The van der Waals surface area contributed by atoms with E-state index >= 15 is 0 Å². The smallest absolute Gasteiger partial charge is 0.341 e. The highest BCUT2D eigenvalue weighted by molar-refractivity contribution is 5.99. The molecule has 108 valence electrons. The van der Waals surface area contributed by atoms with E-state index in [9.17, 15) is 10.1 Å². The third kappa shape index (κ3) is 2.07. The molecule has 2 aromatic rings. The van der Waals surface area contributed by atoms with Gasteiger partial charge in [-0.3, -0.25) is 0 Å². The topological polar surface area (TPSA) is 67.0 Å². The van der Waals surface area contributed by atoms with Gasteiger partial charge < -0.3 is 14.6 Å². The van der Waals surface area contributed by atoms with E-state index in [1.54, 1.807) is 10.8 Å². The molecule has 5 heteroatoms. The highest BCUT2D eigenvalue weighted by atomic mass is 16.5. The van der Waals surface area contributed by atoms with Crippen LogP contribution in [0.1, 0.15) is 5.56 Å². The van der Waals surface area contributed by atoms with Crippen molar-refractivity contribution in [2.75, 3.05) is 12.4 Å². The van der Waals surface area contributed by atoms with E-state index in [0.717, 1.165) is 11.1 Å². The van der Waals surface area contributed by atoms with Crippen LogP contribution in [0.2, 0.25) is 0 Å². The molecule has 0 saturated carbocycles. The van der Waals surface area contributed by atoms with Crippen LogP contribution in [-0.2, 0) is 9.53 Å². The van der Waals surface area contributed by atoms with E-state index < -0.39 is 5.97 Å². The Balaban J connectivity index is 2.18. The van der Waals surface area contributed by atoms with Gasteiger partial charge in [0.25, 0.3) is 0 Å². The van der Waals surface area contributed by atoms with Gasteiger partial charge in [0.05, 0.1) is 12.7 Å². The van der Waals surface area contributed by atoms with Crippen LogP contribution in [0, 0.1) is 11.3 Å². The van der Waals surface area contributed by atoms with Gasteiger partial charge in [0.2, 0.25) is 0 Å². The standard InChI is InChI=1S/C17H13N3O2/c1-11-14(17(21)22-2)9-20-10-15(12-6-4-3-5-7-12)13(8-18)16(20)19-11/h3-7,9-10,19H,1H2,2H3. The summed E-state index contributed by atoms with van der Waals surface area (Å²) in [4.78, 5) is 11.7. The quantitative estimate of drug-likeness (QED) is 0.864. The summed E-state index contributed by atoms with van der Waals surface area (Å²) in [6.45, 7) is 3.82. The molecule has 2 heterocycles. The van der Waals surface area contributed by atoms with Crippen molar-refractivity contribution in [2.45, 2.75) is 0 Å². The molecule has 0 fully saturated rings. The Morgan fingerprint density at radius 2 is 2.09 bits per heavy atom. The van der Waals surface area contributed by atoms with Crippen molar-refractivity contribution in [3.8, 4) is 17.2 Å². The number of esters is 1. The van der Waals surface area contributed by atoms with Crippen molar-refractivity contribution in [3.05, 3.63) is 59.9 Å². The number of carbonyl (C=O) groups excluding carboxylic acids is 1. The number of nitrogens with one attached hydrogen (secondary N) is 1. The maximum absolute atomic E-state index is 11.7. The zero-order chi connectivity index (χ0) is 15.7. The predicted molar refractivity (Wildman–Crippen MR) is 83.6 cm³/mol. The van der Waals surface area contributed by atoms with Gasteiger partial charge in [0, 0.05) is 23.7 Å². The van der Waals surface area contributed by atoms with Crippen molar-refractivity contribution in [1.82, 2.24) is 4.57 Å². The lowest BCUT2D eigenvalue weighted by molar-refractivity contribution is -0.135. The van der Waals surface area contributed by atoms with Crippen molar-refractivity contribution in [1.29, 1.82) is 5.26 Å². The SMILES string of the molecule is C=C1Nc2c(C#N)c(-c3ccccc3)cn2C=C1C(=O)OC. The highest BCUT2D eigenvalue weighted by Gasteiger charge is 2.24. The van der Waals surface area contributed by atoms with Crippen LogP contribution in [-0.4, -0.2) is 17.6 Å². The van der Waals surface area contributed by atoms with E-state index in [4.69, 9.17) is 4.74 Å². The largest absolute Gasteiger partial charge is 0.465 e. The van der Waals surface area contributed by atoms with Crippen molar-refractivity contribution < 1.29 is 9.53 Å². The fourth-order valence-corrected chi connectivity index (χ4v) is 2.42. The Kier molecular flexibility index (Phi) is 3.28. The summed E-state index contributed by atoms with van der Waals surface area (Å²) < 4.78 is 6.45. The van der Waals surface area contributed by atoms with Gasteiger partial charge >= 0.3 is 5.97 Å². The van der Waals surface area contributed by atoms with Crippen LogP contribution >= 0.6 is 0 Å². The number of hydrogen-bond donors (Lipinski definition) is 1. The third-order valence-electron chi connectivity index (χ3n) is 3.50. The molecular formula is C17H13N3O2. The first-order valence-corrected chi connectivity index (χ1v) is 6.62. The van der Waals surface area contributed by atoms with Gasteiger partial charge in [-0.15, -0.1) is 0 Å². The van der Waals surface area contributed by atoms with Crippen LogP contribution in [0.5, 0.6) is 0 Å². The average molecular weight is 291 g/mol. The maximum Gasteiger partial charge on any atom is 0.341 e. The fourth-order valence-electron chi connectivity index (χ4n) is 2.42. The van der Waals surface area contributed by atoms with Crippen LogP contribution in [0.15, 0.2) is 54.4 Å². The second-order valence-corrected chi connectivity index (χ2v) is 4.79. The number of methoxy groups -OCH3 is 1. The number of nitrogens with zero attached hydrogens (tertiary/aromatic N) is 2. The number of carbonyl (C=O) groups is 1. The summed E-state index contributed by atoms with van der Waals surface area (Å²) in [6, 6.07) is 11.8. The molecule has 5 nitrogen and oxygen atoms in total. The second kappa shape index (κ2) is 5.26. The Labute approximate surface area is 127 Å². The molecule has 1 aromatic carbocycles. The third-order valence-corrected chi connectivity index (χ3v) is 3.50. The number of fused-ring (bicyclic) bond motifs is 1. The molecule has 3 rings (SSSR count). The Morgan fingerprint density at radius 1 is 1.36 bits per heavy atom. The van der Waals surface area contributed by atoms with E-state index in [2.05, 4.69) is 18.0 Å². The monoisotopic (exact) mass is 291 g/mol. The predicted octanol–water partition coefficient (Wildman–Crippen LogP) is 2.98. The average Bonchev–Trinajstić information content (AvgIpc) is 2.91. The molecule has 1 aliphatic heterocycles.